The molecular formula is C25H27FN4O4. The first kappa shape index (κ1) is 22.5. The van der Waals surface area contributed by atoms with Gasteiger partial charge in [0.05, 0.1) is 19.3 Å². The van der Waals surface area contributed by atoms with Gasteiger partial charge < -0.3 is 30.2 Å². The predicted octanol–water partition coefficient (Wildman–Crippen LogP) is 2.08. The van der Waals surface area contributed by atoms with Crippen molar-refractivity contribution in [3.63, 3.8) is 0 Å². The average molecular weight is 467 g/mol. The molecule has 0 saturated carbocycles. The molecule has 34 heavy (non-hydrogen) atoms. The molecule has 2 aliphatic rings. The van der Waals surface area contributed by atoms with Crippen LogP contribution in [0.2, 0.25) is 0 Å². The molecule has 0 aliphatic carbocycles. The largest absolute Gasteiger partial charge is 0.496 e. The summed E-state index contributed by atoms with van der Waals surface area (Å²) in [6.45, 7) is 0.941. The van der Waals surface area contributed by atoms with Crippen molar-refractivity contribution in [2.45, 2.75) is 31.1 Å². The number of aromatic nitrogens is 2. The maximum atomic E-state index is 14.0. The molecule has 3 atom stereocenters. The third-order valence-corrected chi connectivity index (χ3v) is 6.58. The van der Waals surface area contributed by atoms with E-state index >= 15 is 0 Å². The first-order valence-corrected chi connectivity index (χ1v) is 11.3. The van der Waals surface area contributed by atoms with Crippen molar-refractivity contribution < 1.29 is 24.1 Å². The Morgan fingerprint density at radius 1 is 1.21 bits per heavy atom. The highest BCUT2D eigenvalue weighted by molar-refractivity contribution is 5.96. The number of hydrogen-bond acceptors (Lipinski definition) is 6. The number of benzene rings is 1. The molecule has 1 unspecified atom stereocenters. The van der Waals surface area contributed by atoms with Crippen LogP contribution in [-0.2, 0) is 4.79 Å². The van der Waals surface area contributed by atoms with E-state index in [0.29, 0.717) is 29.9 Å². The fourth-order valence-corrected chi connectivity index (χ4v) is 4.77. The van der Waals surface area contributed by atoms with Gasteiger partial charge in [0.25, 0.3) is 0 Å². The number of aliphatic hydroxyl groups is 2. The second kappa shape index (κ2) is 9.17. The van der Waals surface area contributed by atoms with Crippen LogP contribution in [0.4, 0.5) is 4.39 Å². The molecule has 0 radical (unpaired) electrons. The Hall–Kier alpha value is -3.27. The number of fused-ring (bicyclic) bond motifs is 1. The van der Waals surface area contributed by atoms with Crippen LogP contribution in [0.5, 0.6) is 5.75 Å². The first-order chi connectivity index (χ1) is 16.4. The SMILES string of the molecule is COc1ccc(F)cc1-c1ccnc2[nH]c(C3=CCNC(CC(=O)N4C[C@H](O)[C@@H](O)C4)C3)cc12. The number of aliphatic hydroxyl groups excluding tert-OH is 2. The minimum absolute atomic E-state index is 0.0652. The van der Waals surface area contributed by atoms with Crippen molar-refractivity contribution >= 4 is 22.5 Å². The van der Waals surface area contributed by atoms with Crippen LogP contribution < -0.4 is 10.1 Å². The number of methoxy groups -OCH3 is 1. The standard InChI is InChI=1S/C25H27FN4O4/c1-34-23-3-2-15(26)9-18(23)17-5-7-28-25-19(17)11-20(29-25)14-4-6-27-16(8-14)10-24(33)30-12-21(31)22(32)13-30/h2-5,7,9,11,16,21-22,27,31-32H,6,8,10,12-13H2,1H3,(H,28,29)/t16?,21-,22-/m0/s1. The van der Waals surface area contributed by atoms with Crippen LogP contribution in [-0.4, -0.2) is 76.0 Å². The second-order valence-corrected chi connectivity index (χ2v) is 8.82. The molecule has 4 N–H and O–H groups in total. The summed E-state index contributed by atoms with van der Waals surface area (Å²) in [7, 11) is 1.56. The van der Waals surface area contributed by atoms with Gasteiger partial charge in [-0.3, -0.25) is 4.79 Å². The summed E-state index contributed by atoms with van der Waals surface area (Å²) in [6, 6.07) is 8.22. The van der Waals surface area contributed by atoms with E-state index in [1.807, 2.05) is 12.1 Å². The van der Waals surface area contributed by atoms with Crippen LogP contribution in [0.25, 0.3) is 27.7 Å². The molecule has 1 saturated heterocycles. The van der Waals surface area contributed by atoms with E-state index in [1.165, 1.54) is 17.0 Å². The molecule has 1 aromatic carbocycles. The number of rotatable bonds is 5. The van der Waals surface area contributed by atoms with Crippen molar-refractivity contribution in [1.82, 2.24) is 20.2 Å². The zero-order valence-corrected chi connectivity index (χ0v) is 18.8. The lowest BCUT2D eigenvalue weighted by Gasteiger charge is -2.25. The van der Waals surface area contributed by atoms with E-state index in [1.54, 1.807) is 19.4 Å². The third kappa shape index (κ3) is 4.29. The van der Waals surface area contributed by atoms with E-state index in [4.69, 9.17) is 4.74 Å². The molecule has 8 nitrogen and oxygen atoms in total. The Morgan fingerprint density at radius 3 is 2.76 bits per heavy atom. The number of H-pyrrole nitrogens is 1. The maximum absolute atomic E-state index is 14.0. The summed E-state index contributed by atoms with van der Waals surface area (Å²) in [5.41, 5.74) is 4.12. The Bertz CT molecular complexity index is 1250. The summed E-state index contributed by atoms with van der Waals surface area (Å²) in [5.74, 6) is 0.143. The van der Waals surface area contributed by atoms with Crippen LogP contribution in [0.3, 0.4) is 0 Å². The number of nitrogens with one attached hydrogen (secondary N) is 2. The topological polar surface area (TPSA) is 111 Å². The number of hydrogen-bond donors (Lipinski definition) is 4. The molecule has 9 heteroatoms. The van der Waals surface area contributed by atoms with Gasteiger partial charge in [0.2, 0.25) is 5.91 Å². The van der Waals surface area contributed by atoms with E-state index in [9.17, 15) is 19.4 Å². The zero-order valence-electron chi connectivity index (χ0n) is 18.8. The highest BCUT2D eigenvalue weighted by Gasteiger charge is 2.33. The zero-order chi connectivity index (χ0) is 23.8. The van der Waals surface area contributed by atoms with E-state index in [2.05, 4.69) is 21.4 Å². The van der Waals surface area contributed by atoms with Gasteiger partial charge in [-0.1, -0.05) is 6.08 Å². The lowest BCUT2D eigenvalue weighted by molar-refractivity contribution is -0.131. The Balaban J connectivity index is 1.38. The minimum Gasteiger partial charge on any atom is -0.496 e. The van der Waals surface area contributed by atoms with Crippen LogP contribution in [0, 0.1) is 5.82 Å². The summed E-state index contributed by atoms with van der Waals surface area (Å²) in [6.07, 6.45) is 2.90. The molecule has 178 valence electrons. The molecule has 5 rings (SSSR count). The van der Waals surface area contributed by atoms with Gasteiger partial charge in [0.1, 0.15) is 17.2 Å². The molecule has 2 aromatic heterocycles. The minimum atomic E-state index is -0.886. The monoisotopic (exact) mass is 466 g/mol. The molecule has 0 spiro atoms. The lowest BCUT2D eigenvalue weighted by Crippen LogP contribution is -2.39. The van der Waals surface area contributed by atoms with Gasteiger partial charge in [0.15, 0.2) is 0 Å². The van der Waals surface area contributed by atoms with Crippen LogP contribution in [0.15, 0.2) is 42.6 Å². The van der Waals surface area contributed by atoms with Gasteiger partial charge >= 0.3 is 0 Å². The molecule has 1 amide bonds. The number of nitrogens with zero attached hydrogens (tertiary/aromatic N) is 2. The van der Waals surface area contributed by atoms with Gasteiger partial charge in [0, 0.05) is 54.9 Å². The Labute approximate surface area is 196 Å². The normalized spacial score (nSPS) is 22.8. The lowest BCUT2D eigenvalue weighted by atomic mass is 9.96. The molecule has 4 heterocycles. The highest BCUT2D eigenvalue weighted by atomic mass is 19.1. The fraction of sp³-hybridized carbons (Fsp3) is 0.360. The first-order valence-electron chi connectivity index (χ1n) is 11.3. The average Bonchev–Trinajstić information content (AvgIpc) is 3.42. The predicted molar refractivity (Wildman–Crippen MR) is 126 cm³/mol. The number of aromatic amines is 1. The number of carbonyl (C=O) groups excluding carboxylic acids is 1. The number of ether oxygens (including phenoxy) is 1. The molecule has 2 aliphatic heterocycles. The van der Waals surface area contributed by atoms with Crippen LogP contribution >= 0.6 is 0 Å². The van der Waals surface area contributed by atoms with E-state index in [-0.39, 0.29) is 37.3 Å². The van der Waals surface area contributed by atoms with Gasteiger partial charge in [-0.25, -0.2) is 9.37 Å². The Morgan fingerprint density at radius 2 is 2.00 bits per heavy atom. The summed E-state index contributed by atoms with van der Waals surface area (Å²) >= 11 is 0. The van der Waals surface area contributed by atoms with E-state index < -0.39 is 12.2 Å². The van der Waals surface area contributed by atoms with Crippen LogP contribution in [0.1, 0.15) is 18.5 Å². The fourth-order valence-electron chi connectivity index (χ4n) is 4.77. The molecule has 1 fully saturated rings. The quantitative estimate of drug-likeness (QED) is 0.458. The second-order valence-electron chi connectivity index (χ2n) is 8.82. The Kier molecular flexibility index (Phi) is 6.07. The van der Waals surface area contributed by atoms with Gasteiger partial charge in [-0.15, -0.1) is 0 Å². The van der Waals surface area contributed by atoms with Crippen molar-refractivity contribution in [3.05, 3.63) is 54.1 Å². The number of carbonyl (C=O) groups is 1. The number of likely N-dealkylation sites (tertiary alicyclic amines) is 1. The van der Waals surface area contributed by atoms with Crippen molar-refractivity contribution in [1.29, 1.82) is 0 Å². The summed E-state index contributed by atoms with van der Waals surface area (Å²) in [5, 5.41) is 23.7. The van der Waals surface area contributed by atoms with Crippen molar-refractivity contribution in [2.24, 2.45) is 0 Å². The van der Waals surface area contributed by atoms with E-state index in [0.717, 1.165) is 22.2 Å². The smallest absolute Gasteiger partial charge is 0.224 e. The number of pyridine rings is 1. The number of β-amino-alcohol motifs (C(OH)–C–C–N with tert-alkyl or cyclic N) is 2. The van der Waals surface area contributed by atoms with Crippen molar-refractivity contribution in [3.8, 4) is 16.9 Å². The van der Waals surface area contributed by atoms with Gasteiger partial charge in [-0.05, 0) is 47.9 Å². The summed E-state index contributed by atoms with van der Waals surface area (Å²) in [4.78, 5) is 22.0. The van der Waals surface area contributed by atoms with Crippen molar-refractivity contribution in [2.75, 3.05) is 26.7 Å². The maximum Gasteiger partial charge on any atom is 0.224 e. The molecular weight excluding hydrogens is 439 g/mol. The summed E-state index contributed by atoms with van der Waals surface area (Å²) < 4.78 is 19.5. The van der Waals surface area contributed by atoms with Gasteiger partial charge in [-0.2, -0.15) is 0 Å². The molecule has 0 bridgehead atoms. The highest BCUT2D eigenvalue weighted by Crippen LogP contribution is 2.36. The number of halogens is 1. The molecule has 3 aromatic rings. The third-order valence-electron chi connectivity index (χ3n) is 6.58. The number of amides is 1.